The highest BCUT2D eigenvalue weighted by Gasteiger charge is 2.13. The predicted octanol–water partition coefficient (Wildman–Crippen LogP) is 4.76. The second-order valence-corrected chi connectivity index (χ2v) is 6.73. The average molecular weight is 362 g/mol. The largest absolute Gasteiger partial charge is 0.495 e. The number of carbonyl (C=O) groups excluding carboxylic acids is 1. The molecule has 1 aromatic heterocycles. The molecular weight excluding hydrogens is 338 g/mol. The standard InChI is InChI=1S/C19H24ClN3O2/c1-12(2)5-6-22-15-8-14(10-21-11-15)19(24)23-17-7-13(3)16(20)9-18(17)25-4/h7-12,22H,5-6H2,1-4H3,(H,23,24). The number of ether oxygens (including phenoxy) is 1. The van der Waals surface area contributed by atoms with Gasteiger partial charge < -0.3 is 15.4 Å². The predicted molar refractivity (Wildman–Crippen MR) is 103 cm³/mol. The molecule has 0 fully saturated rings. The Kier molecular flexibility index (Phi) is 6.65. The number of nitrogens with zero attached hydrogens (tertiary/aromatic N) is 1. The third-order valence-corrected chi connectivity index (χ3v) is 4.19. The van der Waals surface area contributed by atoms with E-state index < -0.39 is 0 Å². The molecule has 5 nitrogen and oxygen atoms in total. The van der Waals surface area contributed by atoms with Gasteiger partial charge in [0, 0.05) is 30.0 Å². The minimum atomic E-state index is -0.250. The fourth-order valence-corrected chi connectivity index (χ4v) is 2.44. The van der Waals surface area contributed by atoms with Crippen LogP contribution in [0.4, 0.5) is 11.4 Å². The molecule has 0 atom stereocenters. The molecule has 2 aromatic rings. The zero-order valence-electron chi connectivity index (χ0n) is 15.0. The van der Waals surface area contributed by atoms with Crippen LogP contribution in [0, 0.1) is 12.8 Å². The Hall–Kier alpha value is -2.27. The van der Waals surface area contributed by atoms with Gasteiger partial charge in [-0.25, -0.2) is 0 Å². The molecule has 0 bridgehead atoms. The molecule has 0 aliphatic heterocycles. The van der Waals surface area contributed by atoms with E-state index in [0.717, 1.165) is 24.2 Å². The van der Waals surface area contributed by atoms with E-state index in [0.29, 0.717) is 27.9 Å². The van der Waals surface area contributed by atoms with E-state index in [1.165, 1.54) is 13.3 Å². The van der Waals surface area contributed by atoms with Crippen molar-refractivity contribution in [1.29, 1.82) is 0 Å². The van der Waals surface area contributed by atoms with Crippen LogP contribution in [0.3, 0.4) is 0 Å². The number of carbonyl (C=O) groups is 1. The molecule has 0 saturated carbocycles. The minimum Gasteiger partial charge on any atom is -0.495 e. The van der Waals surface area contributed by atoms with Gasteiger partial charge in [0.1, 0.15) is 5.75 Å². The smallest absolute Gasteiger partial charge is 0.257 e. The summed E-state index contributed by atoms with van der Waals surface area (Å²) in [7, 11) is 1.54. The van der Waals surface area contributed by atoms with Crippen LogP contribution < -0.4 is 15.4 Å². The fourth-order valence-electron chi connectivity index (χ4n) is 2.29. The first-order valence-electron chi connectivity index (χ1n) is 8.25. The van der Waals surface area contributed by atoms with Gasteiger partial charge in [0.15, 0.2) is 0 Å². The Morgan fingerprint density at radius 2 is 2.04 bits per heavy atom. The number of hydrogen-bond acceptors (Lipinski definition) is 4. The molecule has 0 aliphatic rings. The molecule has 1 aromatic carbocycles. The number of hydrogen-bond donors (Lipinski definition) is 2. The maximum absolute atomic E-state index is 12.5. The number of nitrogens with one attached hydrogen (secondary N) is 2. The van der Waals surface area contributed by atoms with Crippen LogP contribution in [0.2, 0.25) is 5.02 Å². The third-order valence-electron chi connectivity index (χ3n) is 3.78. The summed E-state index contributed by atoms with van der Waals surface area (Å²) in [5.74, 6) is 0.885. The van der Waals surface area contributed by atoms with Crippen molar-refractivity contribution in [2.24, 2.45) is 5.92 Å². The van der Waals surface area contributed by atoms with E-state index in [-0.39, 0.29) is 5.91 Å². The van der Waals surface area contributed by atoms with Crippen LogP contribution in [0.5, 0.6) is 5.75 Å². The quantitative estimate of drug-likeness (QED) is 0.746. The van der Waals surface area contributed by atoms with E-state index >= 15 is 0 Å². The summed E-state index contributed by atoms with van der Waals surface area (Å²) >= 11 is 6.10. The topological polar surface area (TPSA) is 63.2 Å². The summed E-state index contributed by atoms with van der Waals surface area (Å²) in [4.78, 5) is 16.7. The summed E-state index contributed by atoms with van der Waals surface area (Å²) in [6, 6.07) is 5.27. The minimum absolute atomic E-state index is 0.250. The van der Waals surface area contributed by atoms with E-state index in [9.17, 15) is 4.79 Å². The molecule has 1 heterocycles. The maximum atomic E-state index is 12.5. The number of rotatable bonds is 7. The van der Waals surface area contributed by atoms with E-state index in [1.807, 2.05) is 6.92 Å². The molecule has 0 aliphatic carbocycles. The summed E-state index contributed by atoms with van der Waals surface area (Å²) in [5.41, 5.74) is 2.74. The molecule has 0 spiro atoms. The van der Waals surface area contributed by atoms with Crippen molar-refractivity contribution in [2.75, 3.05) is 24.3 Å². The van der Waals surface area contributed by atoms with Crippen LogP contribution in [0.1, 0.15) is 36.2 Å². The van der Waals surface area contributed by atoms with Crippen molar-refractivity contribution >= 4 is 28.9 Å². The third kappa shape index (κ3) is 5.36. The summed E-state index contributed by atoms with van der Waals surface area (Å²) in [5, 5.41) is 6.74. The number of anilines is 2. The molecule has 0 radical (unpaired) electrons. The van der Waals surface area contributed by atoms with Crippen LogP contribution in [0.25, 0.3) is 0 Å². The summed E-state index contributed by atoms with van der Waals surface area (Å²) in [6.07, 6.45) is 4.31. The Bertz CT molecular complexity index is 747. The number of amides is 1. The first kappa shape index (κ1) is 19.1. The van der Waals surface area contributed by atoms with Gasteiger partial charge >= 0.3 is 0 Å². The van der Waals surface area contributed by atoms with Gasteiger partial charge in [-0.15, -0.1) is 0 Å². The molecule has 1 amide bonds. The van der Waals surface area contributed by atoms with Gasteiger partial charge in [0.2, 0.25) is 0 Å². The lowest BCUT2D eigenvalue weighted by atomic mass is 10.1. The zero-order chi connectivity index (χ0) is 18.4. The number of benzene rings is 1. The maximum Gasteiger partial charge on any atom is 0.257 e. The van der Waals surface area contributed by atoms with Crippen LogP contribution in [-0.2, 0) is 0 Å². The van der Waals surface area contributed by atoms with Crippen molar-refractivity contribution in [3.8, 4) is 5.75 Å². The fraction of sp³-hybridized carbons (Fsp3) is 0.368. The zero-order valence-corrected chi connectivity index (χ0v) is 15.8. The van der Waals surface area contributed by atoms with Gasteiger partial charge in [0.05, 0.1) is 24.0 Å². The SMILES string of the molecule is COc1cc(Cl)c(C)cc1NC(=O)c1cncc(NCCC(C)C)c1. The van der Waals surface area contributed by atoms with Crippen molar-refractivity contribution in [1.82, 2.24) is 4.98 Å². The molecule has 0 saturated heterocycles. The van der Waals surface area contributed by atoms with Crippen LogP contribution in [0.15, 0.2) is 30.6 Å². The highest BCUT2D eigenvalue weighted by atomic mass is 35.5. The van der Waals surface area contributed by atoms with Crippen molar-refractivity contribution in [3.63, 3.8) is 0 Å². The highest BCUT2D eigenvalue weighted by Crippen LogP contribution is 2.31. The van der Waals surface area contributed by atoms with Crippen molar-refractivity contribution in [3.05, 3.63) is 46.7 Å². The number of methoxy groups -OCH3 is 1. The van der Waals surface area contributed by atoms with Crippen molar-refractivity contribution < 1.29 is 9.53 Å². The Morgan fingerprint density at radius 1 is 1.28 bits per heavy atom. The van der Waals surface area contributed by atoms with E-state index in [1.54, 1.807) is 24.4 Å². The molecule has 6 heteroatoms. The second kappa shape index (κ2) is 8.72. The van der Waals surface area contributed by atoms with Gasteiger partial charge in [-0.1, -0.05) is 25.4 Å². The Morgan fingerprint density at radius 3 is 2.72 bits per heavy atom. The summed E-state index contributed by atoms with van der Waals surface area (Å²) < 4.78 is 5.29. The summed E-state index contributed by atoms with van der Waals surface area (Å²) in [6.45, 7) is 7.06. The number of pyridine rings is 1. The molecule has 2 rings (SSSR count). The van der Waals surface area contributed by atoms with Crippen molar-refractivity contribution in [2.45, 2.75) is 27.2 Å². The van der Waals surface area contributed by atoms with E-state index in [2.05, 4.69) is 29.5 Å². The lowest BCUT2D eigenvalue weighted by Gasteiger charge is -2.13. The normalized spacial score (nSPS) is 10.6. The first-order chi connectivity index (χ1) is 11.9. The number of aryl methyl sites for hydroxylation is 1. The monoisotopic (exact) mass is 361 g/mol. The molecule has 134 valence electrons. The number of aromatic nitrogens is 1. The molecule has 0 unspecified atom stereocenters. The van der Waals surface area contributed by atoms with Gasteiger partial charge in [-0.05, 0) is 37.0 Å². The van der Waals surface area contributed by atoms with Gasteiger partial charge in [0.25, 0.3) is 5.91 Å². The van der Waals surface area contributed by atoms with Gasteiger partial charge in [-0.3, -0.25) is 9.78 Å². The Labute approximate surface area is 153 Å². The lowest BCUT2D eigenvalue weighted by molar-refractivity contribution is 0.102. The first-order valence-corrected chi connectivity index (χ1v) is 8.63. The average Bonchev–Trinajstić information content (AvgIpc) is 2.57. The molecule has 25 heavy (non-hydrogen) atoms. The Balaban J connectivity index is 2.12. The van der Waals surface area contributed by atoms with Crippen LogP contribution >= 0.6 is 11.6 Å². The van der Waals surface area contributed by atoms with Gasteiger partial charge in [-0.2, -0.15) is 0 Å². The lowest BCUT2D eigenvalue weighted by Crippen LogP contribution is -2.14. The molecule has 2 N–H and O–H groups in total. The van der Waals surface area contributed by atoms with Crippen LogP contribution in [-0.4, -0.2) is 24.5 Å². The van der Waals surface area contributed by atoms with E-state index in [4.69, 9.17) is 16.3 Å². The second-order valence-electron chi connectivity index (χ2n) is 6.33. The molecular formula is C19H24ClN3O2. The number of halogens is 1. The highest BCUT2D eigenvalue weighted by molar-refractivity contribution is 6.31.